The van der Waals surface area contributed by atoms with Crippen LogP contribution in [0.2, 0.25) is 0 Å². The number of methoxy groups -OCH3 is 1. The molecule has 0 heterocycles. The van der Waals surface area contributed by atoms with Crippen molar-refractivity contribution in [3.8, 4) is 0 Å². The van der Waals surface area contributed by atoms with Crippen LogP contribution in [-0.4, -0.2) is 25.2 Å². The Balaban J connectivity index is 0.00000420. The summed E-state index contributed by atoms with van der Waals surface area (Å²) in [5, 5.41) is 5.03. The van der Waals surface area contributed by atoms with E-state index in [9.17, 15) is 22.8 Å². The Morgan fingerprint density at radius 3 is 1.64 bits per heavy atom. The number of hydrogen-bond acceptors (Lipinski definition) is 3. The maximum Gasteiger partial charge on any atom is 0.471 e. The molecule has 4 nitrogen and oxygen atoms in total. The third-order valence-electron chi connectivity index (χ3n) is 6.11. The fraction of sp³-hybridized carbons (Fsp3) is 0.103. The smallest absolute Gasteiger partial charge is 0.471 e. The van der Waals surface area contributed by atoms with Crippen molar-refractivity contribution in [2.24, 2.45) is 0 Å². The van der Waals surface area contributed by atoms with Gasteiger partial charge in [0.2, 0.25) is 0 Å². The summed E-state index contributed by atoms with van der Waals surface area (Å²) >= 11 is 3.48. The number of halogens is 5. The normalized spacial score (nSPS) is 11.3. The molecule has 0 atom stereocenters. The molecule has 0 saturated carbocycles. The summed E-state index contributed by atoms with van der Waals surface area (Å²) in [7, 11) is -1.36. The van der Waals surface area contributed by atoms with E-state index in [4.69, 9.17) is 4.74 Å². The van der Waals surface area contributed by atoms with E-state index >= 15 is 0 Å². The minimum atomic E-state index is -5.12. The van der Waals surface area contributed by atoms with E-state index < -0.39 is 25.3 Å². The number of rotatable bonds is 7. The summed E-state index contributed by atoms with van der Waals surface area (Å²) in [6.07, 6.45) is -4.85. The Bertz CT molecular complexity index is 1340. The zero-order chi connectivity index (χ0) is 27.3. The van der Waals surface area contributed by atoms with Crippen LogP contribution in [0.1, 0.15) is 15.9 Å². The first-order valence-electron chi connectivity index (χ1n) is 11.5. The van der Waals surface area contributed by atoms with Crippen molar-refractivity contribution in [1.29, 1.82) is 0 Å². The molecule has 1 amide bonds. The maximum absolute atomic E-state index is 13.3. The van der Waals surface area contributed by atoms with Crippen LogP contribution >= 0.6 is 23.2 Å². The monoisotopic (exact) mass is 635 g/mol. The lowest BCUT2D eigenvalue weighted by molar-refractivity contribution is -0.167. The average Bonchev–Trinajstić information content (AvgIpc) is 2.93. The Hall–Kier alpha value is -3.19. The van der Waals surface area contributed by atoms with Crippen molar-refractivity contribution in [1.82, 2.24) is 0 Å². The lowest BCUT2D eigenvalue weighted by Crippen LogP contribution is -3.00. The van der Waals surface area contributed by atoms with Crippen LogP contribution < -0.4 is 33.6 Å². The van der Waals surface area contributed by atoms with E-state index in [2.05, 4.69) is 15.9 Å². The second-order valence-electron chi connectivity index (χ2n) is 8.40. The molecule has 4 rings (SSSR count). The number of ether oxygens (including phenoxy) is 1. The second-order valence-corrected chi connectivity index (χ2v) is 12.7. The van der Waals surface area contributed by atoms with Crippen molar-refractivity contribution in [3.63, 3.8) is 0 Å². The molecule has 0 aliphatic rings. The summed E-state index contributed by atoms with van der Waals surface area (Å²) in [5.74, 6) is -2.87. The van der Waals surface area contributed by atoms with E-state index in [1.807, 2.05) is 96.3 Å². The fourth-order valence-electron chi connectivity index (χ4n) is 4.34. The molecule has 0 saturated heterocycles. The van der Waals surface area contributed by atoms with Gasteiger partial charge in [-0.15, -0.1) is 0 Å². The molecule has 1 N–H and O–H groups in total. The molecule has 0 aromatic heterocycles. The van der Waals surface area contributed by atoms with Gasteiger partial charge in [0, 0.05) is 15.7 Å². The number of nitrogens with one attached hydrogen (secondary N) is 1. The molecular formula is C29H23BrClF3NO3P. The second kappa shape index (κ2) is 12.8. The van der Waals surface area contributed by atoms with Gasteiger partial charge in [-0.3, -0.25) is 4.79 Å². The Morgan fingerprint density at radius 1 is 0.821 bits per heavy atom. The van der Waals surface area contributed by atoms with Gasteiger partial charge in [0.25, 0.3) is 0 Å². The summed E-state index contributed by atoms with van der Waals surface area (Å²) in [5.41, 5.74) is 0.318. The van der Waals surface area contributed by atoms with Crippen LogP contribution in [-0.2, 0) is 15.7 Å². The highest BCUT2D eigenvalue weighted by atomic mass is 79.9. The van der Waals surface area contributed by atoms with Gasteiger partial charge in [-0.2, -0.15) is 13.2 Å². The minimum Gasteiger partial charge on any atom is -1.00 e. The van der Waals surface area contributed by atoms with Gasteiger partial charge in [-0.1, -0.05) is 70.5 Å². The Morgan fingerprint density at radius 2 is 1.26 bits per heavy atom. The summed E-state index contributed by atoms with van der Waals surface area (Å²) < 4.78 is 45.1. The first-order valence-corrected chi connectivity index (χ1v) is 14.3. The minimum absolute atomic E-state index is 0. The van der Waals surface area contributed by atoms with E-state index in [1.165, 1.54) is 19.2 Å². The van der Waals surface area contributed by atoms with E-state index in [1.54, 1.807) is 0 Å². The van der Waals surface area contributed by atoms with Gasteiger partial charge in [0.15, 0.2) is 0 Å². The SMILES string of the molecule is COC(=O)c1cc(Br)c(C[P+](c2ccccc2)(c2ccccc2)c2ccccc2)c(NC(=O)C(F)(F)F)c1.[Cl-]. The highest BCUT2D eigenvalue weighted by molar-refractivity contribution is 9.10. The quantitative estimate of drug-likeness (QED) is 0.251. The number of esters is 1. The predicted molar refractivity (Wildman–Crippen MR) is 149 cm³/mol. The van der Waals surface area contributed by atoms with Gasteiger partial charge in [-0.05, 0) is 48.5 Å². The third kappa shape index (κ3) is 6.52. The number of hydrogen-bond donors (Lipinski definition) is 1. The number of carbonyl (C=O) groups is 2. The number of amides is 1. The van der Waals surface area contributed by atoms with Crippen LogP contribution in [0, 0.1) is 0 Å². The standard InChI is InChI=1S/C29H22BrF3NO3P.ClH/c1-37-27(35)20-17-25(30)24(26(18-20)34-28(36)29(31,32)33)19-38(21-11-5-2-6-12-21,22-13-7-3-8-14-22)23-15-9-4-10-16-23;/h2-18H,19H2,1H3;1H. The fourth-order valence-corrected chi connectivity index (χ4v) is 9.46. The zero-order valence-electron chi connectivity index (χ0n) is 20.6. The topological polar surface area (TPSA) is 55.4 Å². The van der Waals surface area contributed by atoms with Gasteiger partial charge in [-0.25, -0.2) is 4.79 Å². The summed E-state index contributed by atoms with van der Waals surface area (Å²) in [4.78, 5) is 24.4. The first-order chi connectivity index (χ1) is 18.2. The van der Waals surface area contributed by atoms with Crippen LogP contribution in [0.3, 0.4) is 0 Å². The van der Waals surface area contributed by atoms with Crippen molar-refractivity contribution in [3.05, 3.63) is 119 Å². The number of carbonyl (C=O) groups excluding carboxylic acids is 2. The molecule has 0 spiro atoms. The van der Waals surface area contributed by atoms with Crippen molar-refractivity contribution >= 4 is 56.7 Å². The lowest BCUT2D eigenvalue weighted by atomic mass is 10.1. The zero-order valence-corrected chi connectivity index (χ0v) is 23.8. The number of alkyl halides is 3. The van der Waals surface area contributed by atoms with Crippen molar-refractivity contribution in [2.75, 3.05) is 12.4 Å². The van der Waals surface area contributed by atoms with Crippen molar-refractivity contribution in [2.45, 2.75) is 12.3 Å². The van der Waals surface area contributed by atoms with E-state index in [-0.39, 0.29) is 29.8 Å². The van der Waals surface area contributed by atoms with Crippen LogP contribution in [0.25, 0.3) is 0 Å². The van der Waals surface area contributed by atoms with Gasteiger partial charge in [0.1, 0.15) is 29.3 Å². The third-order valence-corrected chi connectivity index (χ3v) is 11.1. The van der Waals surface area contributed by atoms with E-state index in [0.29, 0.717) is 10.0 Å². The number of benzene rings is 4. The summed E-state index contributed by atoms with van der Waals surface area (Å²) in [6, 6.07) is 32.1. The Kier molecular flexibility index (Phi) is 9.94. The molecule has 0 aliphatic heterocycles. The predicted octanol–water partition coefficient (Wildman–Crippen LogP) is 3.23. The molecule has 0 aliphatic carbocycles. The average molecular weight is 637 g/mol. The molecular weight excluding hydrogens is 614 g/mol. The molecule has 0 unspecified atom stereocenters. The van der Waals surface area contributed by atoms with E-state index in [0.717, 1.165) is 15.9 Å². The highest BCUT2D eigenvalue weighted by Gasteiger charge is 2.47. The number of anilines is 1. The molecule has 4 aromatic carbocycles. The van der Waals surface area contributed by atoms with Crippen LogP contribution in [0.15, 0.2) is 108 Å². The highest BCUT2D eigenvalue weighted by Crippen LogP contribution is 2.59. The molecule has 10 heteroatoms. The molecule has 202 valence electrons. The van der Waals surface area contributed by atoms with Crippen LogP contribution in [0.4, 0.5) is 18.9 Å². The molecule has 0 bridgehead atoms. The Labute approximate surface area is 239 Å². The molecule has 0 fully saturated rings. The van der Waals surface area contributed by atoms with Gasteiger partial charge < -0.3 is 22.5 Å². The first kappa shape index (κ1) is 30.4. The largest absolute Gasteiger partial charge is 1.00 e. The van der Waals surface area contributed by atoms with Gasteiger partial charge >= 0.3 is 18.1 Å². The maximum atomic E-state index is 13.3. The van der Waals surface area contributed by atoms with Crippen LogP contribution in [0.5, 0.6) is 0 Å². The summed E-state index contributed by atoms with van der Waals surface area (Å²) in [6.45, 7) is 0. The molecule has 0 radical (unpaired) electrons. The molecule has 39 heavy (non-hydrogen) atoms. The van der Waals surface area contributed by atoms with Crippen molar-refractivity contribution < 1.29 is 39.9 Å². The van der Waals surface area contributed by atoms with Gasteiger partial charge in [0.05, 0.1) is 12.7 Å². The molecule has 4 aromatic rings. The lowest BCUT2D eigenvalue weighted by Gasteiger charge is -2.29.